The molecule has 1 rings (SSSR count). The lowest BCUT2D eigenvalue weighted by Crippen LogP contribution is -2.52. The summed E-state index contributed by atoms with van der Waals surface area (Å²) in [5.41, 5.74) is -0.448. The summed E-state index contributed by atoms with van der Waals surface area (Å²) in [4.78, 5) is 25.0. The van der Waals surface area contributed by atoms with E-state index in [-0.39, 0.29) is 12.5 Å². The molecule has 7 heteroatoms. The Morgan fingerprint density at radius 2 is 1.95 bits per heavy atom. The first-order valence-corrected chi connectivity index (χ1v) is 8.00. The van der Waals surface area contributed by atoms with Crippen molar-refractivity contribution in [2.75, 3.05) is 18.4 Å². The van der Waals surface area contributed by atoms with Crippen molar-refractivity contribution in [1.82, 2.24) is 4.90 Å². The predicted octanol–water partition coefficient (Wildman–Crippen LogP) is 3.34. The molecule has 0 unspecified atom stereocenters. The van der Waals surface area contributed by atoms with Crippen molar-refractivity contribution in [3.63, 3.8) is 0 Å². The van der Waals surface area contributed by atoms with E-state index in [1.54, 1.807) is 24.8 Å². The van der Waals surface area contributed by atoms with E-state index in [1.165, 1.54) is 0 Å². The van der Waals surface area contributed by atoms with Crippen LogP contribution in [0, 0.1) is 0 Å². The Kier molecular flexibility index (Phi) is 6.37. The molecule has 116 valence electrons. The van der Waals surface area contributed by atoms with Gasteiger partial charge in [-0.2, -0.15) is 0 Å². The van der Waals surface area contributed by atoms with Gasteiger partial charge in [-0.25, -0.2) is 0 Å². The first-order valence-electron chi connectivity index (χ1n) is 6.41. The molecule has 5 nitrogen and oxygen atoms in total. The minimum absolute atomic E-state index is 0.0122. The highest BCUT2D eigenvalue weighted by Crippen LogP contribution is 2.26. The molecule has 1 amide bonds. The van der Waals surface area contributed by atoms with Crippen molar-refractivity contribution >= 4 is 49.4 Å². The van der Waals surface area contributed by atoms with Crippen LogP contribution in [-0.4, -0.2) is 40.5 Å². The third kappa shape index (κ3) is 4.79. The highest BCUT2D eigenvalue weighted by Gasteiger charge is 2.34. The number of nitrogens with zero attached hydrogens (tertiary/aromatic N) is 1. The van der Waals surface area contributed by atoms with E-state index in [0.717, 1.165) is 8.95 Å². The van der Waals surface area contributed by atoms with E-state index in [0.29, 0.717) is 12.2 Å². The number of carbonyl (C=O) groups is 2. The summed E-state index contributed by atoms with van der Waals surface area (Å²) < 4.78 is 1.65. The highest BCUT2D eigenvalue weighted by atomic mass is 79.9. The zero-order valence-electron chi connectivity index (χ0n) is 12.1. The second-order valence-corrected chi connectivity index (χ2v) is 6.82. The van der Waals surface area contributed by atoms with Crippen LogP contribution in [0.4, 0.5) is 5.69 Å². The lowest BCUT2D eigenvalue weighted by atomic mass is 10.0. The number of aliphatic carboxylic acids is 1. The van der Waals surface area contributed by atoms with Crippen LogP contribution in [0.15, 0.2) is 27.1 Å². The van der Waals surface area contributed by atoms with Crippen molar-refractivity contribution in [2.24, 2.45) is 0 Å². The molecule has 0 saturated heterocycles. The van der Waals surface area contributed by atoms with Crippen molar-refractivity contribution in [2.45, 2.75) is 26.3 Å². The van der Waals surface area contributed by atoms with Gasteiger partial charge in [0.1, 0.15) is 5.54 Å². The molecule has 0 heterocycles. The lowest BCUT2D eigenvalue weighted by molar-refractivity contribution is -0.149. The number of carboxylic acid groups (broad SMARTS) is 1. The van der Waals surface area contributed by atoms with Gasteiger partial charge in [-0.15, -0.1) is 0 Å². The SMILES string of the molecule is CCN(CC(=O)Nc1ccc(Br)cc1Br)C(C)(C)C(=O)O. The van der Waals surface area contributed by atoms with Gasteiger partial charge in [0.05, 0.1) is 12.2 Å². The fourth-order valence-electron chi connectivity index (χ4n) is 1.79. The van der Waals surface area contributed by atoms with E-state index in [2.05, 4.69) is 37.2 Å². The quantitative estimate of drug-likeness (QED) is 0.738. The number of halogens is 2. The maximum atomic E-state index is 12.1. The topological polar surface area (TPSA) is 69.6 Å². The number of hydrogen-bond donors (Lipinski definition) is 2. The van der Waals surface area contributed by atoms with Gasteiger partial charge in [0.2, 0.25) is 5.91 Å². The van der Waals surface area contributed by atoms with Gasteiger partial charge in [0.15, 0.2) is 0 Å². The molecule has 1 aromatic carbocycles. The summed E-state index contributed by atoms with van der Waals surface area (Å²) >= 11 is 6.71. The number of rotatable bonds is 6. The number of hydrogen-bond acceptors (Lipinski definition) is 3. The second-order valence-electron chi connectivity index (χ2n) is 5.05. The lowest BCUT2D eigenvalue weighted by Gasteiger charge is -2.33. The third-order valence-corrected chi connectivity index (χ3v) is 4.38. The van der Waals surface area contributed by atoms with Gasteiger partial charge in [-0.05, 0) is 54.5 Å². The Hall–Kier alpha value is -0.920. The molecule has 0 atom stereocenters. The van der Waals surface area contributed by atoms with Crippen molar-refractivity contribution in [3.8, 4) is 0 Å². The average molecular weight is 422 g/mol. The molecule has 0 aromatic heterocycles. The van der Waals surface area contributed by atoms with Gasteiger partial charge < -0.3 is 10.4 Å². The van der Waals surface area contributed by atoms with Gasteiger partial charge in [-0.1, -0.05) is 22.9 Å². The number of carboxylic acids is 1. The molecular weight excluding hydrogens is 404 g/mol. The van der Waals surface area contributed by atoms with E-state index in [9.17, 15) is 14.7 Å². The average Bonchev–Trinajstić information content (AvgIpc) is 2.38. The van der Waals surface area contributed by atoms with Crippen LogP contribution in [0.2, 0.25) is 0 Å². The second kappa shape index (κ2) is 7.38. The molecule has 0 aliphatic rings. The number of likely N-dealkylation sites (N-methyl/N-ethyl adjacent to an activating group) is 1. The Labute approximate surface area is 141 Å². The fraction of sp³-hybridized carbons (Fsp3) is 0.429. The smallest absolute Gasteiger partial charge is 0.323 e. The minimum Gasteiger partial charge on any atom is -0.480 e. The minimum atomic E-state index is -1.09. The summed E-state index contributed by atoms with van der Waals surface area (Å²) in [5.74, 6) is -1.21. The molecule has 1 aromatic rings. The molecular formula is C14H18Br2N2O3. The van der Waals surface area contributed by atoms with Gasteiger partial charge in [0, 0.05) is 8.95 Å². The van der Waals surface area contributed by atoms with Gasteiger partial charge in [0.25, 0.3) is 0 Å². The molecule has 0 spiro atoms. The monoisotopic (exact) mass is 420 g/mol. The van der Waals surface area contributed by atoms with Gasteiger partial charge >= 0.3 is 5.97 Å². The fourth-order valence-corrected chi connectivity index (χ4v) is 2.94. The Morgan fingerprint density at radius 1 is 1.33 bits per heavy atom. The Morgan fingerprint density at radius 3 is 2.43 bits per heavy atom. The van der Waals surface area contributed by atoms with E-state index in [4.69, 9.17) is 0 Å². The van der Waals surface area contributed by atoms with Crippen molar-refractivity contribution < 1.29 is 14.7 Å². The van der Waals surface area contributed by atoms with Crippen LogP contribution in [0.5, 0.6) is 0 Å². The Bertz CT molecular complexity index is 547. The number of amides is 1. The standard InChI is InChI=1S/C14H18Br2N2O3/c1-4-18(14(2,3)13(20)21)8-12(19)17-11-6-5-9(15)7-10(11)16/h5-7H,4,8H2,1-3H3,(H,17,19)(H,20,21). The van der Waals surface area contributed by atoms with E-state index >= 15 is 0 Å². The Balaban J connectivity index is 2.78. The molecule has 0 saturated carbocycles. The normalized spacial score (nSPS) is 11.5. The first kappa shape index (κ1) is 18.1. The maximum absolute atomic E-state index is 12.1. The summed E-state index contributed by atoms with van der Waals surface area (Å²) in [6, 6.07) is 5.41. The molecule has 0 fully saturated rings. The molecule has 21 heavy (non-hydrogen) atoms. The van der Waals surface area contributed by atoms with Crippen LogP contribution in [-0.2, 0) is 9.59 Å². The molecule has 2 N–H and O–H groups in total. The zero-order chi connectivity index (χ0) is 16.2. The number of anilines is 1. The molecule has 0 aliphatic heterocycles. The summed E-state index contributed by atoms with van der Waals surface area (Å²) in [6.07, 6.45) is 0. The van der Waals surface area contributed by atoms with Crippen LogP contribution < -0.4 is 5.32 Å². The maximum Gasteiger partial charge on any atom is 0.323 e. The number of carbonyl (C=O) groups excluding carboxylic acids is 1. The third-order valence-electron chi connectivity index (χ3n) is 3.24. The van der Waals surface area contributed by atoms with E-state index < -0.39 is 11.5 Å². The van der Waals surface area contributed by atoms with Crippen molar-refractivity contribution in [3.05, 3.63) is 27.1 Å². The first-order chi connectivity index (χ1) is 9.68. The zero-order valence-corrected chi connectivity index (χ0v) is 15.3. The largest absolute Gasteiger partial charge is 0.480 e. The number of benzene rings is 1. The summed E-state index contributed by atoms with van der Waals surface area (Å²) in [5, 5.41) is 12.0. The van der Waals surface area contributed by atoms with E-state index in [1.807, 2.05) is 19.1 Å². The molecule has 0 radical (unpaired) electrons. The summed E-state index contributed by atoms with van der Waals surface area (Å²) in [7, 11) is 0. The van der Waals surface area contributed by atoms with Crippen molar-refractivity contribution in [1.29, 1.82) is 0 Å². The predicted molar refractivity (Wildman–Crippen MR) is 89.4 cm³/mol. The molecule has 0 bridgehead atoms. The number of nitrogens with one attached hydrogen (secondary N) is 1. The van der Waals surface area contributed by atoms with Crippen LogP contribution >= 0.6 is 31.9 Å². The van der Waals surface area contributed by atoms with Crippen LogP contribution in [0.3, 0.4) is 0 Å². The summed E-state index contributed by atoms with van der Waals surface area (Å²) in [6.45, 7) is 5.48. The van der Waals surface area contributed by atoms with Gasteiger partial charge in [-0.3, -0.25) is 14.5 Å². The molecule has 0 aliphatic carbocycles. The van der Waals surface area contributed by atoms with Crippen LogP contribution in [0.25, 0.3) is 0 Å². The highest BCUT2D eigenvalue weighted by molar-refractivity contribution is 9.11. The van der Waals surface area contributed by atoms with Crippen LogP contribution in [0.1, 0.15) is 20.8 Å².